The van der Waals surface area contributed by atoms with E-state index in [1.54, 1.807) is 16.2 Å². The molecule has 0 saturated heterocycles. The van der Waals surface area contributed by atoms with E-state index < -0.39 is 0 Å². The van der Waals surface area contributed by atoms with E-state index in [9.17, 15) is 4.79 Å². The lowest BCUT2D eigenvalue weighted by molar-refractivity contribution is -0.130. The van der Waals surface area contributed by atoms with Gasteiger partial charge in [-0.15, -0.1) is 11.3 Å². The third kappa shape index (κ3) is 4.33. The molecule has 0 aliphatic carbocycles. The molecule has 1 amide bonds. The minimum absolute atomic E-state index is 0.196. The van der Waals surface area contributed by atoms with Crippen LogP contribution in [-0.2, 0) is 11.3 Å². The van der Waals surface area contributed by atoms with Crippen LogP contribution in [0.1, 0.15) is 25.1 Å². The Morgan fingerprint density at radius 3 is 2.94 bits per heavy atom. The average Bonchev–Trinajstić information content (AvgIpc) is 2.70. The summed E-state index contributed by atoms with van der Waals surface area (Å²) in [5.74, 6) is 0.196. The zero-order valence-electron chi connectivity index (χ0n) is 10.2. The van der Waals surface area contributed by atoms with Gasteiger partial charge >= 0.3 is 0 Å². The van der Waals surface area contributed by atoms with Gasteiger partial charge in [0.05, 0.1) is 6.54 Å². The van der Waals surface area contributed by atoms with Crippen molar-refractivity contribution in [2.45, 2.75) is 32.9 Å². The molecule has 16 heavy (non-hydrogen) atoms. The highest BCUT2D eigenvalue weighted by Crippen LogP contribution is 2.11. The highest BCUT2D eigenvalue weighted by molar-refractivity contribution is 7.09. The van der Waals surface area contributed by atoms with E-state index >= 15 is 0 Å². The number of nitrogens with zero attached hydrogens (tertiary/aromatic N) is 1. The highest BCUT2D eigenvalue weighted by atomic mass is 32.1. The number of amides is 1. The van der Waals surface area contributed by atoms with E-state index in [2.05, 4.69) is 18.3 Å². The van der Waals surface area contributed by atoms with Gasteiger partial charge in [0.1, 0.15) is 0 Å². The van der Waals surface area contributed by atoms with E-state index in [0.717, 1.165) is 13.1 Å². The van der Waals surface area contributed by atoms with Gasteiger partial charge in [0.15, 0.2) is 0 Å². The quantitative estimate of drug-likeness (QED) is 0.826. The lowest BCUT2D eigenvalue weighted by Gasteiger charge is -2.19. The minimum atomic E-state index is 0.196. The van der Waals surface area contributed by atoms with Gasteiger partial charge in [-0.1, -0.05) is 13.0 Å². The molecular weight excluding hydrogens is 220 g/mol. The second kappa shape index (κ2) is 6.66. The summed E-state index contributed by atoms with van der Waals surface area (Å²) >= 11 is 1.69. The van der Waals surface area contributed by atoms with Crippen LogP contribution in [0, 0.1) is 0 Å². The van der Waals surface area contributed by atoms with E-state index in [0.29, 0.717) is 6.42 Å². The van der Waals surface area contributed by atoms with Crippen molar-refractivity contribution < 1.29 is 4.79 Å². The van der Waals surface area contributed by atoms with Crippen molar-refractivity contribution in [3.05, 3.63) is 22.4 Å². The molecule has 1 unspecified atom stereocenters. The molecule has 3 nitrogen and oxygen atoms in total. The molecule has 1 aromatic heterocycles. The van der Waals surface area contributed by atoms with Crippen molar-refractivity contribution in [1.82, 2.24) is 10.2 Å². The maximum Gasteiger partial charge on any atom is 0.224 e. The number of hydrogen-bond donors (Lipinski definition) is 1. The van der Waals surface area contributed by atoms with Crippen molar-refractivity contribution in [2.24, 2.45) is 0 Å². The van der Waals surface area contributed by atoms with Crippen molar-refractivity contribution in [3.8, 4) is 0 Å². The molecule has 1 N–H and O–H groups in total. The van der Waals surface area contributed by atoms with Crippen LogP contribution in [0.3, 0.4) is 0 Å². The minimum Gasteiger partial charge on any atom is -0.341 e. The molecule has 0 aliphatic rings. The fourth-order valence-corrected chi connectivity index (χ4v) is 2.32. The van der Waals surface area contributed by atoms with Crippen LogP contribution < -0.4 is 5.32 Å². The molecule has 0 fully saturated rings. The normalized spacial score (nSPS) is 12.4. The van der Waals surface area contributed by atoms with Gasteiger partial charge in [-0.3, -0.25) is 4.79 Å². The molecule has 1 heterocycles. The Labute approximate surface area is 101 Å². The van der Waals surface area contributed by atoms with Crippen LogP contribution in [-0.4, -0.2) is 30.4 Å². The third-order valence-electron chi connectivity index (χ3n) is 2.43. The number of thiophene rings is 1. The predicted molar refractivity (Wildman–Crippen MR) is 68.5 cm³/mol. The molecular formula is C12H20N2OS. The van der Waals surface area contributed by atoms with Crippen molar-refractivity contribution in [2.75, 3.05) is 13.6 Å². The molecule has 1 rings (SSSR count). The molecule has 0 aliphatic heterocycles. The smallest absolute Gasteiger partial charge is 0.224 e. The summed E-state index contributed by atoms with van der Waals surface area (Å²) in [6.07, 6.45) is 0.565. The zero-order chi connectivity index (χ0) is 12.0. The predicted octanol–water partition coefficient (Wildman–Crippen LogP) is 2.09. The van der Waals surface area contributed by atoms with Crippen LogP contribution in [0.15, 0.2) is 17.5 Å². The number of nitrogens with one attached hydrogen (secondary N) is 1. The van der Waals surface area contributed by atoms with Crippen molar-refractivity contribution >= 4 is 17.2 Å². The first-order chi connectivity index (χ1) is 7.63. The maximum absolute atomic E-state index is 11.8. The van der Waals surface area contributed by atoms with E-state index in [4.69, 9.17) is 0 Å². The second-order valence-corrected chi connectivity index (χ2v) is 5.02. The fourth-order valence-electron chi connectivity index (χ4n) is 1.56. The van der Waals surface area contributed by atoms with Gasteiger partial charge in [0.2, 0.25) is 5.91 Å². The Balaban J connectivity index is 2.36. The largest absolute Gasteiger partial charge is 0.341 e. The molecule has 4 heteroatoms. The summed E-state index contributed by atoms with van der Waals surface area (Å²) < 4.78 is 0. The standard InChI is InChI=1S/C12H20N2OS/c1-4-13-10(2)8-12(15)14(3)9-11-6-5-7-16-11/h5-7,10,13H,4,8-9H2,1-3H3. The third-order valence-corrected chi connectivity index (χ3v) is 3.29. The van der Waals surface area contributed by atoms with Gasteiger partial charge in [0, 0.05) is 24.4 Å². The Kier molecular flexibility index (Phi) is 5.49. The van der Waals surface area contributed by atoms with Crippen LogP contribution >= 0.6 is 11.3 Å². The maximum atomic E-state index is 11.8. The summed E-state index contributed by atoms with van der Waals surface area (Å²) in [6, 6.07) is 4.32. The summed E-state index contributed by atoms with van der Waals surface area (Å²) in [7, 11) is 1.86. The first kappa shape index (κ1) is 13.2. The molecule has 0 bridgehead atoms. The van der Waals surface area contributed by atoms with Crippen molar-refractivity contribution in [3.63, 3.8) is 0 Å². The van der Waals surface area contributed by atoms with Gasteiger partial charge < -0.3 is 10.2 Å². The number of carbonyl (C=O) groups is 1. The second-order valence-electron chi connectivity index (χ2n) is 3.99. The fraction of sp³-hybridized carbons (Fsp3) is 0.583. The number of carbonyl (C=O) groups excluding carboxylic acids is 1. The Morgan fingerprint density at radius 1 is 1.62 bits per heavy atom. The molecule has 0 saturated carbocycles. The number of rotatable bonds is 6. The molecule has 0 radical (unpaired) electrons. The Morgan fingerprint density at radius 2 is 2.38 bits per heavy atom. The van der Waals surface area contributed by atoms with E-state index in [1.165, 1.54) is 4.88 Å². The molecule has 90 valence electrons. The summed E-state index contributed by atoms with van der Waals surface area (Å²) in [4.78, 5) is 14.9. The van der Waals surface area contributed by atoms with Crippen molar-refractivity contribution in [1.29, 1.82) is 0 Å². The van der Waals surface area contributed by atoms with Crippen LogP contribution in [0.4, 0.5) is 0 Å². The zero-order valence-corrected chi connectivity index (χ0v) is 11.0. The summed E-state index contributed by atoms with van der Waals surface area (Å²) in [5.41, 5.74) is 0. The lowest BCUT2D eigenvalue weighted by Crippen LogP contribution is -2.34. The summed E-state index contributed by atoms with van der Waals surface area (Å²) in [5, 5.41) is 5.28. The lowest BCUT2D eigenvalue weighted by atomic mass is 10.2. The monoisotopic (exact) mass is 240 g/mol. The van der Waals surface area contributed by atoms with Crippen LogP contribution in [0.2, 0.25) is 0 Å². The molecule has 1 atom stereocenters. The van der Waals surface area contributed by atoms with Crippen LogP contribution in [0.5, 0.6) is 0 Å². The highest BCUT2D eigenvalue weighted by Gasteiger charge is 2.13. The van der Waals surface area contributed by atoms with Crippen LogP contribution in [0.25, 0.3) is 0 Å². The molecule has 0 aromatic carbocycles. The van der Waals surface area contributed by atoms with E-state index in [1.807, 2.05) is 25.4 Å². The SMILES string of the molecule is CCNC(C)CC(=O)N(C)Cc1cccs1. The summed E-state index contributed by atoms with van der Waals surface area (Å²) in [6.45, 7) is 5.72. The van der Waals surface area contributed by atoms with Gasteiger partial charge in [0.25, 0.3) is 0 Å². The van der Waals surface area contributed by atoms with Gasteiger partial charge in [-0.2, -0.15) is 0 Å². The van der Waals surface area contributed by atoms with Gasteiger partial charge in [-0.05, 0) is 24.9 Å². The molecule has 1 aromatic rings. The van der Waals surface area contributed by atoms with E-state index in [-0.39, 0.29) is 11.9 Å². The first-order valence-corrected chi connectivity index (χ1v) is 6.51. The molecule has 0 spiro atoms. The number of hydrogen-bond acceptors (Lipinski definition) is 3. The topological polar surface area (TPSA) is 32.3 Å². The first-order valence-electron chi connectivity index (χ1n) is 5.63. The Bertz CT molecular complexity index is 311. The average molecular weight is 240 g/mol. The van der Waals surface area contributed by atoms with Gasteiger partial charge in [-0.25, -0.2) is 0 Å². The Hall–Kier alpha value is -0.870.